The van der Waals surface area contributed by atoms with Gasteiger partial charge < -0.3 is 0 Å². The normalized spacial score (nSPS) is 10.7. The average molecular weight is 212 g/mol. The third kappa shape index (κ3) is 1.03. The minimum atomic E-state index is 0.789. The molecule has 2 aromatic heterocycles. The monoisotopic (exact) mass is 211 g/mol. The van der Waals surface area contributed by atoms with Gasteiger partial charge in [-0.3, -0.25) is 0 Å². The van der Waals surface area contributed by atoms with Crippen LogP contribution >= 0.6 is 15.9 Å². The van der Waals surface area contributed by atoms with Crippen LogP contribution in [-0.4, -0.2) is 14.6 Å². The number of aromatic nitrogens is 3. The van der Waals surface area contributed by atoms with Crippen LogP contribution in [0.2, 0.25) is 0 Å². The van der Waals surface area contributed by atoms with Crippen molar-refractivity contribution in [2.75, 3.05) is 0 Å². The highest BCUT2D eigenvalue weighted by Crippen LogP contribution is 2.10. The van der Waals surface area contributed by atoms with Crippen molar-refractivity contribution in [3.8, 4) is 0 Å². The van der Waals surface area contributed by atoms with Gasteiger partial charge in [-0.25, -0.2) is 9.50 Å². The van der Waals surface area contributed by atoms with Crippen molar-refractivity contribution in [2.45, 2.75) is 6.92 Å². The molecule has 0 N–H and O–H groups in total. The fourth-order valence-electron chi connectivity index (χ4n) is 0.981. The molecule has 0 aliphatic carbocycles. The van der Waals surface area contributed by atoms with Crippen molar-refractivity contribution >= 4 is 21.6 Å². The first-order valence-corrected chi connectivity index (χ1v) is 4.04. The molecule has 2 heterocycles. The smallest absolute Gasteiger partial charge is 0.156 e. The summed E-state index contributed by atoms with van der Waals surface area (Å²) in [6.07, 6.45) is 0. The largest absolute Gasteiger partial charge is 0.212 e. The molecule has 4 heteroatoms. The summed E-state index contributed by atoms with van der Waals surface area (Å²) in [7, 11) is 0. The molecule has 0 fully saturated rings. The van der Waals surface area contributed by atoms with Crippen molar-refractivity contribution < 1.29 is 0 Å². The number of halogens is 1. The van der Waals surface area contributed by atoms with E-state index in [0.29, 0.717) is 0 Å². The maximum Gasteiger partial charge on any atom is 0.156 e. The summed E-state index contributed by atoms with van der Waals surface area (Å²) >= 11 is 3.37. The lowest BCUT2D eigenvalue weighted by Crippen LogP contribution is -1.87. The zero-order valence-corrected chi connectivity index (χ0v) is 7.54. The van der Waals surface area contributed by atoms with E-state index < -0.39 is 0 Å². The van der Waals surface area contributed by atoms with E-state index in [2.05, 4.69) is 26.0 Å². The van der Waals surface area contributed by atoms with Gasteiger partial charge in [0.2, 0.25) is 0 Å². The summed E-state index contributed by atoms with van der Waals surface area (Å²) in [5.74, 6) is 0.789. The quantitative estimate of drug-likeness (QED) is 0.623. The Bertz CT molecular complexity index is 393. The third-order valence-electron chi connectivity index (χ3n) is 1.42. The van der Waals surface area contributed by atoms with Gasteiger partial charge >= 0.3 is 0 Å². The Labute approximate surface area is 72.2 Å². The first-order valence-electron chi connectivity index (χ1n) is 3.25. The van der Waals surface area contributed by atoms with Gasteiger partial charge in [0.25, 0.3) is 0 Å². The van der Waals surface area contributed by atoms with E-state index in [4.69, 9.17) is 0 Å². The second-order valence-electron chi connectivity index (χ2n) is 2.28. The first-order chi connectivity index (χ1) is 5.27. The molecule has 2 aromatic rings. The third-order valence-corrected chi connectivity index (χ3v) is 2.02. The molecule has 0 aliphatic heterocycles. The number of aryl methyl sites for hydroxylation is 1. The Morgan fingerprint density at radius 3 is 3.00 bits per heavy atom. The number of hydrogen-bond acceptors (Lipinski definition) is 2. The first kappa shape index (κ1) is 6.79. The summed E-state index contributed by atoms with van der Waals surface area (Å²) < 4.78 is 2.69. The number of fused-ring (bicyclic) bond motifs is 1. The van der Waals surface area contributed by atoms with Crippen molar-refractivity contribution in [3.63, 3.8) is 0 Å². The lowest BCUT2D eigenvalue weighted by Gasteiger charge is -1.91. The van der Waals surface area contributed by atoms with Crippen LogP contribution in [0.15, 0.2) is 22.8 Å². The highest BCUT2D eigenvalue weighted by Gasteiger charge is 1.99. The van der Waals surface area contributed by atoms with E-state index in [1.807, 2.05) is 25.1 Å². The van der Waals surface area contributed by atoms with Gasteiger partial charge in [-0.2, -0.15) is 5.10 Å². The Morgan fingerprint density at radius 2 is 2.27 bits per heavy atom. The summed E-state index contributed by atoms with van der Waals surface area (Å²) in [5.41, 5.74) is 0.872. The van der Waals surface area contributed by atoms with Crippen molar-refractivity contribution in [1.82, 2.24) is 14.6 Å². The van der Waals surface area contributed by atoms with Crippen LogP contribution in [0.4, 0.5) is 0 Å². The van der Waals surface area contributed by atoms with Gasteiger partial charge in [0.15, 0.2) is 5.65 Å². The van der Waals surface area contributed by atoms with Crippen LogP contribution in [-0.2, 0) is 0 Å². The van der Waals surface area contributed by atoms with Gasteiger partial charge in [-0.05, 0) is 35.0 Å². The van der Waals surface area contributed by atoms with Gasteiger partial charge in [-0.1, -0.05) is 6.07 Å². The van der Waals surface area contributed by atoms with Crippen molar-refractivity contribution in [1.29, 1.82) is 0 Å². The average Bonchev–Trinajstić information content (AvgIpc) is 2.31. The molecule has 0 aromatic carbocycles. The van der Waals surface area contributed by atoms with E-state index in [9.17, 15) is 0 Å². The molecule has 0 saturated carbocycles. The van der Waals surface area contributed by atoms with Crippen molar-refractivity contribution in [2.24, 2.45) is 0 Å². The standard InChI is InChI=1S/C7H6BrN3/c1-5-9-7-4-2-3-6(8)11(7)10-5/h2-4H,1H3. The number of hydrogen-bond donors (Lipinski definition) is 0. The summed E-state index contributed by atoms with van der Waals surface area (Å²) in [4.78, 5) is 4.20. The van der Waals surface area contributed by atoms with Gasteiger partial charge in [0.05, 0.1) is 0 Å². The molecule has 0 spiro atoms. The lowest BCUT2D eigenvalue weighted by atomic mass is 10.5. The van der Waals surface area contributed by atoms with E-state index >= 15 is 0 Å². The van der Waals surface area contributed by atoms with Crippen LogP contribution in [0.1, 0.15) is 5.82 Å². The fraction of sp³-hybridized carbons (Fsp3) is 0.143. The molecule has 56 valence electrons. The van der Waals surface area contributed by atoms with Crippen LogP contribution in [0.3, 0.4) is 0 Å². The Morgan fingerprint density at radius 1 is 1.45 bits per heavy atom. The summed E-state index contributed by atoms with van der Waals surface area (Å²) in [6, 6.07) is 5.79. The van der Waals surface area contributed by atoms with Crippen LogP contribution in [0.25, 0.3) is 5.65 Å². The molecule has 0 saturated heterocycles. The van der Waals surface area contributed by atoms with Crippen LogP contribution < -0.4 is 0 Å². The van der Waals surface area contributed by atoms with E-state index in [0.717, 1.165) is 16.1 Å². The number of rotatable bonds is 0. The molecule has 3 nitrogen and oxygen atoms in total. The maximum atomic E-state index is 4.20. The second-order valence-corrected chi connectivity index (χ2v) is 3.09. The van der Waals surface area contributed by atoms with Crippen LogP contribution in [0.5, 0.6) is 0 Å². The summed E-state index contributed by atoms with van der Waals surface area (Å²) in [5, 5.41) is 4.17. The molecule has 0 radical (unpaired) electrons. The Hall–Kier alpha value is -0.900. The molecule has 0 unspecified atom stereocenters. The second kappa shape index (κ2) is 2.30. The maximum absolute atomic E-state index is 4.20. The lowest BCUT2D eigenvalue weighted by molar-refractivity contribution is 0.909. The highest BCUT2D eigenvalue weighted by molar-refractivity contribution is 9.10. The van der Waals surface area contributed by atoms with Gasteiger partial charge in [0.1, 0.15) is 10.4 Å². The van der Waals surface area contributed by atoms with Gasteiger partial charge in [-0.15, -0.1) is 0 Å². The van der Waals surface area contributed by atoms with E-state index in [-0.39, 0.29) is 0 Å². The zero-order chi connectivity index (χ0) is 7.84. The Balaban J connectivity index is 2.90. The zero-order valence-electron chi connectivity index (χ0n) is 5.95. The van der Waals surface area contributed by atoms with E-state index in [1.165, 1.54) is 0 Å². The molecular weight excluding hydrogens is 206 g/mol. The SMILES string of the molecule is Cc1nc2cccc(Br)n2n1. The summed E-state index contributed by atoms with van der Waals surface area (Å²) in [6.45, 7) is 1.87. The number of nitrogens with zero attached hydrogens (tertiary/aromatic N) is 3. The van der Waals surface area contributed by atoms with Gasteiger partial charge in [0, 0.05) is 0 Å². The minimum Gasteiger partial charge on any atom is -0.212 e. The van der Waals surface area contributed by atoms with E-state index in [1.54, 1.807) is 4.52 Å². The number of pyridine rings is 1. The molecule has 2 rings (SSSR count). The molecule has 11 heavy (non-hydrogen) atoms. The molecule has 0 aliphatic rings. The predicted molar refractivity (Wildman–Crippen MR) is 45.4 cm³/mol. The Kier molecular flexibility index (Phi) is 1.42. The predicted octanol–water partition coefficient (Wildman–Crippen LogP) is 1.80. The molecule has 0 amide bonds. The minimum absolute atomic E-state index is 0.789. The fourth-order valence-corrected chi connectivity index (χ4v) is 1.39. The molecular formula is C7H6BrN3. The topological polar surface area (TPSA) is 30.2 Å². The molecule has 0 bridgehead atoms. The highest BCUT2D eigenvalue weighted by atomic mass is 79.9. The van der Waals surface area contributed by atoms with Crippen LogP contribution in [0, 0.1) is 6.92 Å². The molecule has 0 atom stereocenters. The van der Waals surface area contributed by atoms with Crippen molar-refractivity contribution in [3.05, 3.63) is 28.6 Å².